The molecule has 1 aliphatic carbocycles. The van der Waals surface area contributed by atoms with Crippen LogP contribution in [-0.2, 0) is 45.4 Å². The normalized spacial score (nSPS) is 16.0. The van der Waals surface area contributed by atoms with Crippen LogP contribution < -0.4 is 21.7 Å². The number of rotatable bonds is 20. The van der Waals surface area contributed by atoms with Crippen LogP contribution in [0, 0.1) is 5.92 Å². The van der Waals surface area contributed by atoms with Gasteiger partial charge in [0, 0.05) is 18.9 Å². The third-order valence-electron chi connectivity index (χ3n) is 10.3. The Labute approximate surface area is 350 Å². The van der Waals surface area contributed by atoms with Crippen molar-refractivity contribution >= 4 is 42.0 Å². The monoisotopic (exact) mass is 828 g/mol. The molecule has 3 aromatic rings. The van der Waals surface area contributed by atoms with Gasteiger partial charge >= 0.3 is 7.60 Å². The highest BCUT2D eigenvalue weighted by Gasteiger charge is 2.43. The molecule has 12 heteroatoms. The average molecular weight is 829 g/mol. The zero-order valence-electron chi connectivity index (χ0n) is 35.8. The van der Waals surface area contributed by atoms with E-state index >= 15 is 0 Å². The van der Waals surface area contributed by atoms with Crippen LogP contribution >= 0.6 is 7.60 Å². The van der Waals surface area contributed by atoms with Gasteiger partial charge in [-0.1, -0.05) is 98.1 Å². The Morgan fingerprint density at radius 2 is 1.49 bits per heavy atom. The second-order valence-corrected chi connectivity index (χ2v) is 19.7. The van der Waals surface area contributed by atoms with Gasteiger partial charge in [0.05, 0.1) is 23.8 Å². The van der Waals surface area contributed by atoms with Crippen molar-refractivity contribution in [3.63, 3.8) is 0 Å². The molecule has 3 atom stereocenters. The van der Waals surface area contributed by atoms with Crippen LogP contribution in [0.1, 0.15) is 116 Å². The molecule has 1 aliphatic rings. The Hall–Kier alpha value is -4.57. The van der Waals surface area contributed by atoms with Crippen molar-refractivity contribution in [2.24, 2.45) is 11.7 Å². The Balaban J connectivity index is 1.44. The predicted molar refractivity (Wildman–Crippen MR) is 236 cm³/mol. The van der Waals surface area contributed by atoms with Crippen LogP contribution in [-0.4, -0.2) is 53.0 Å². The van der Waals surface area contributed by atoms with Crippen molar-refractivity contribution < 1.29 is 32.8 Å². The molecule has 0 saturated heterocycles. The lowest BCUT2D eigenvalue weighted by Crippen LogP contribution is -2.63. The van der Waals surface area contributed by atoms with Crippen molar-refractivity contribution in [1.29, 1.82) is 0 Å². The van der Waals surface area contributed by atoms with Crippen LogP contribution in [0.5, 0.6) is 0 Å². The van der Waals surface area contributed by atoms with Crippen LogP contribution in [0.3, 0.4) is 0 Å². The molecule has 0 bridgehead atoms. The van der Waals surface area contributed by atoms with Crippen LogP contribution in [0.4, 0.5) is 0 Å². The van der Waals surface area contributed by atoms with E-state index in [1.54, 1.807) is 6.08 Å². The van der Waals surface area contributed by atoms with Gasteiger partial charge in [-0.3, -0.25) is 23.7 Å². The lowest BCUT2D eigenvalue weighted by Gasteiger charge is -2.38. The van der Waals surface area contributed by atoms with Gasteiger partial charge in [0.1, 0.15) is 11.6 Å². The molecule has 59 heavy (non-hydrogen) atoms. The first-order valence-electron chi connectivity index (χ1n) is 20.7. The fourth-order valence-corrected chi connectivity index (χ4v) is 10.3. The second-order valence-electron chi connectivity index (χ2n) is 17.8. The third-order valence-corrected chi connectivity index (χ3v) is 12.7. The first-order chi connectivity index (χ1) is 27.7. The number of carbonyl (C=O) groups is 4. The number of carbonyl (C=O) groups excluding carboxylic acids is 4. The topological polar surface area (TPSA) is 166 Å². The standard InChI is InChI=1S/C47H65N4O7P/c1-9-17-34(28-38-20-16-19-37-18-12-13-21-39(37)38)31-49-43(54)40(30-41(48)52)50-44(55)47(26-14-11-15-27-47)51-42(53)29-35(10-2)36-24-22-33(23-25-36)32-59(56,57-45(3,4)5)58-46(6,7)8/h9-10,12-13,16,18-25,34-35,40H,1-2,11,14-15,17,26-32H2,3-8H3,(H2,48,52)(H,49,54)(H,50,55)(H,51,53)/t34-,35-,40-/m0/s1. The lowest BCUT2D eigenvalue weighted by molar-refractivity contribution is -0.138. The van der Waals surface area contributed by atoms with Gasteiger partial charge in [-0.15, -0.1) is 13.2 Å². The largest absolute Gasteiger partial charge is 0.370 e. The summed E-state index contributed by atoms with van der Waals surface area (Å²) in [6.07, 6.45) is 7.58. The smallest absolute Gasteiger partial charge is 0.336 e. The quantitative estimate of drug-likeness (QED) is 0.0654. The summed E-state index contributed by atoms with van der Waals surface area (Å²) in [5.41, 5.74) is 5.66. The lowest BCUT2D eigenvalue weighted by atomic mass is 9.80. The number of hydrogen-bond acceptors (Lipinski definition) is 7. The van der Waals surface area contributed by atoms with E-state index < -0.39 is 54.5 Å². The summed E-state index contributed by atoms with van der Waals surface area (Å²) < 4.78 is 25.8. The maximum absolute atomic E-state index is 14.2. The van der Waals surface area contributed by atoms with E-state index in [1.807, 2.05) is 90.1 Å². The summed E-state index contributed by atoms with van der Waals surface area (Å²) in [4.78, 5) is 53.8. The Kier molecular flexibility index (Phi) is 16.5. The highest BCUT2D eigenvalue weighted by Crippen LogP contribution is 2.57. The number of allylic oxidation sites excluding steroid dienone is 2. The second kappa shape index (κ2) is 20.6. The average Bonchev–Trinajstić information content (AvgIpc) is 3.14. The zero-order valence-corrected chi connectivity index (χ0v) is 36.7. The molecule has 0 spiro atoms. The first kappa shape index (κ1) is 47.1. The molecular formula is C47H65N4O7P. The number of nitrogens with two attached hydrogens (primary N) is 1. The van der Waals surface area contributed by atoms with Crippen molar-refractivity contribution in [2.75, 3.05) is 6.54 Å². The van der Waals surface area contributed by atoms with Gasteiger partial charge < -0.3 is 30.7 Å². The van der Waals surface area contributed by atoms with Crippen LogP contribution in [0.2, 0.25) is 0 Å². The van der Waals surface area contributed by atoms with Gasteiger partial charge in [-0.2, -0.15) is 0 Å². The summed E-state index contributed by atoms with van der Waals surface area (Å²) in [5.74, 6) is -2.52. The highest BCUT2D eigenvalue weighted by atomic mass is 31.2. The minimum Gasteiger partial charge on any atom is -0.370 e. The number of nitrogens with one attached hydrogen (secondary N) is 3. The number of hydrogen-bond donors (Lipinski definition) is 4. The van der Waals surface area contributed by atoms with E-state index in [-0.39, 0.29) is 30.3 Å². The van der Waals surface area contributed by atoms with Gasteiger partial charge in [0.2, 0.25) is 23.6 Å². The van der Waals surface area contributed by atoms with Crippen molar-refractivity contribution in [3.05, 3.63) is 109 Å². The molecule has 0 unspecified atom stereocenters. The number of primary amides is 1. The molecule has 4 rings (SSSR count). The summed E-state index contributed by atoms with van der Waals surface area (Å²) >= 11 is 0. The SMILES string of the molecule is C=CC[C@H](CNC(=O)[C@H](CC(N)=O)NC(=O)C1(NC(=O)C[C@H](C=C)c2ccc(CP(=O)(OC(C)(C)C)OC(C)(C)C)cc2)CCCCC1)Cc1cccc2ccccc12. The number of benzene rings is 3. The van der Waals surface area contributed by atoms with Crippen LogP contribution in [0.25, 0.3) is 10.8 Å². The fraction of sp³-hybridized carbons (Fsp3) is 0.489. The predicted octanol–water partition coefficient (Wildman–Crippen LogP) is 8.55. The Morgan fingerprint density at radius 1 is 0.864 bits per heavy atom. The summed E-state index contributed by atoms with van der Waals surface area (Å²) in [6.45, 7) is 19.2. The molecule has 0 heterocycles. The zero-order chi connectivity index (χ0) is 43.4. The highest BCUT2D eigenvalue weighted by molar-refractivity contribution is 7.53. The van der Waals surface area contributed by atoms with E-state index in [9.17, 15) is 23.7 Å². The molecule has 3 aromatic carbocycles. The van der Waals surface area contributed by atoms with Crippen molar-refractivity contribution in [2.45, 2.75) is 134 Å². The van der Waals surface area contributed by atoms with E-state index in [1.165, 1.54) is 0 Å². The fourth-order valence-electron chi connectivity index (χ4n) is 7.76. The minimum atomic E-state index is -3.52. The number of fused-ring (bicyclic) bond motifs is 1. The van der Waals surface area contributed by atoms with E-state index in [0.717, 1.165) is 33.9 Å². The Morgan fingerprint density at radius 3 is 2.08 bits per heavy atom. The summed E-state index contributed by atoms with van der Waals surface area (Å²) in [7, 11) is -3.52. The van der Waals surface area contributed by atoms with E-state index in [2.05, 4.69) is 53.4 Å². The molecule has 0 radical (unpaired) electrons. The molecular weight excluding hydrogens is 764 g/mol. The van der Waals surface area contributed by atoms with Crippen LogP contribution in [0.15, 0.2) is 92.0 Å². The molecule has 1 fully saturated rings. The van der Waals surface area contributed by atoms with E-state index in [0.29, 0.717) is 45.1 Å². The Bertz CT molecular complexity index is 1970. The van der Waals surface area contributed by atoms with Gasteiger partial charge in [0.15, 0.2) is 0 Å². The third kappa shape index (κ3) is 14.6. The van der Waals surface area contributed by atoms with E-state index in [4.69, 9.17) is 14.8 Å². The van der Waals surface area contributed by atoms with Gasteiger partial charge in [-0.25, -0.2) is 0 Å². The van der Waals surface area contributed by atoms with Crippen molar-refractivity contribution in [1.82, 2.24) is 16.0 Å². The summed E-state index contributed by atoms with van der Waals surface area (Å²) in [5, 5.41) is 11.1. The summed E-state index contributed by atoms with van der Waals surface area (Å²) in [6, 6.07) is 20.5. The van der Waals surface area contributed by atoms with Crippen molar-refractivity contribution in [3.8, 4) is 0 Å². The molecule has 320 valence electrons. The number of amides is 4. The first-order valence-corrected chi connectivity index (χ1v) is 22.4. The van der Waals surface area contributed by atoms with Gasteiger partial charge in [-0.05, 0) is 101 Å². The molecule has 4 amide bonds. The molecule has 1 saturated carbocycles. The maximum Gasteiger partial charge on any atom is 0.336 e. The molecule has 0 aliphatic heterocycles. The maximum atomic E-state index is 14.2. The molecule has 5 N–H and O–H groups in total. The molecule has 0 aromatic heterocycles. The van der Waals surface area contributed by atoms with Gasteiger partial charge in [0.25, 0.3) is 0 Å². The molecule has 11 nitrogen and oxygen atoms in total. The minimum absolute atomic E-state index is 0.0110.